The third-order valence-electron chi connectivity index (χ3n) is 4.78. The molecule has 0 saturated carbocycles. The molecule has 0 bridgehead atoms. The largest absolute Gasteiger partial charge is 1.00 e. The number of benzene rings is 2. The molecule has 1 heterocycles. The summed E-state index contributed by atoms with van der Waals surface area (Å²) in [7, 11) is 0. The van der Waals surface area contributed by atoms with Crippen molar-refractivity contribution in [3.8, 4) is 0 Å². The van der Waals surface area contributed by atoms with Crippen molar-refractivity contribution < 1.29 is 24.0 Å². The van der Waals surface area contributed by atoms with Gasteiger partial charge in [-0.25, -0.2) is 0 Å². The van der Waals surface area contributed by atoms with Gasteiger partial charge in [0.15, 0.2) is 0 Å². The molecule has 1 aromatic heterocycles. The number of hydrogen-bond donors (Lipinski definition) is 0. The monoisotopic (exact) mass is 466 g/mol. The molecule has 0 unspecified atom stereocenters. The van der Waals surface area contributed by atoms with E-state index in [1.807, 2.05) is 11.3 Å². The summed E-state index contributed by atoms with van der Waals surface area (Å²) in [6.07, 6.45) is 0. The van der Waals surface area contributed by atoms with Crippen molar-refractivity contribution in [1.82, 2.24) is 0 Å². The SMILES string of the molecule is CCN(CC)c1ccc2cc3ccc(N(CC)CC)cc3[s+]c2c1.[I-]. The van der Waals surface area contributed by atoms with E-state index in [1.165, 1.54) is 31.5 Å². The Bertz CT molecular complexity index is 775. The van der Waals surface area contributed by atoms with E-state index in [4.69, 9.17) is 0 Å². The summed E-state index contributed by atoms with van der Waals surface area (Å²) in [6.45, 7) is 13.1. The zero-order valence-corrected chi connectivity index (χ0v) is 18.5. The minimum atomic E-state index is 0. The maximum atomic E-state index is 2.41. The highest BCUT2D eigenvalue weighted by Crippen LogP contribution is 2.33. The van der Waals surface area contributed by atoms with Crippen molar-refractivity contribution in [3.63, 3.8) is 0 Å². The van der Waals surface area contributed by atoms with E-state index < -0.39 is 0 Å². The van der Waals surface area contributed by atoms with Crippen LogP contribution in [0, 0.1) is 0 Å². The topological polar surface area (TPSA) is 6.48 Å². The van der Waals surface area contributed by atoms with E-state index in [9.17, 15) is 0 Å². The lowest BCUT2D eigenvalue weighted by atomic mass is 10.1. The lowest BCUT2D eigenvalue weighted by molar-refractivity contribution is -0.00000482. The smallest absolute Gasteiger partial charge is 0.240 e. The van der Waals surface area contributed by atoms with Gasteiger partial charge in [0.1, 0.15) is 0 Å². The summed E-state index contributed by atoms with van der Waals surface area (Å²) in [5.74, 6) is 0. The third-order valence-corrected chi connectivity index (χ3v) is 5.93. The molecular formula is C21H27IN2S. The summed E-state index contributed by atoms with van der Waals surface area (Å²) in [5.41, 5.74) is 2.64. The van der Waals surface area contributed by atoms with Crippen LogP contribution < -0.4 is 33.8 Å². The third kappa shape index (κ3) is 4.17. The van der Waals surface area contributed by atoms with E-state index >= 15 is 0 Å². The van der Waals surface area contributed by atoms with Crippen LogP contribution in [0.1, 0.15) is 27.7 Å². The van der Waals surface area contributed by atoms with Crippen molar-refractivity contribution in [1.29, 1.82) is 0 Å². The Hall–Kier alpha value is -1.14. The van der Waals surface area contributed by atoms with Crippen LogP contribution in [0.4, 0.5) is 11.4 Å². The van der Waals surface area contributed by atoms with Crippen molar-refractivity contribution >= 4 is 42.9 Å². The van der Waals surface area contributed by atoms with Crippen molar-refractivity contribution in [2.45, 2.75) is 27.7 Å². The average molecular weight is 466 g/mol. The van der Waals surface area contributed by atoms with Crippen LogP contribution in [0.15, 0.2) is 42.5 Å². The molecule has 0 atom stereocenters. The fourth-order valence-corrected chi connectivity index (χ4v) is 4.40. The van der Waals surface area contributed by atoms with Gasteiger partial charge in [-0.15, -0.1) is 0 Å². The number of nitrogens with zero attached hydrogens (tertiary/aromatic N) is 2. The molecule has 0 spiro atoms. The molecule has 0 fully saturated rings. The fourth-order valence-electron chi connectivity index (χ4n) is 3.32. The lowest BCUT2D eigenvalue weighted by Gasteiger charge is -2.20. The zero-order valence-electron chi connectivity index (χ0n) is 15.6. The molecule has 0 radical (unpaired) electrons. The van der Waals surface area contributed by atoms with E-state index in [2.05, 4.69) is 80.0 Å². The van der Waals surface area contributed by atoms with E-state index in [0.717, 1.165) is 26.2 Å². The second-order valence-electron chi connectivity index (χ2n) is 6.04. The Morgan fingerprint density at radius 2 is 1.04 bits per heavy atom. The first-order valence-electron chi connectivity index (χ1n) is 9.00. The highest BCUT2D eigenvalue weighted by atomic mass is 127. The highest BCUT2D eigenvalue weighted by Gasteiger charge is 2.15. The van der Waals surface area contributed by atoms with Crippen LogP contribution in [-0.2, 0) is 0 Å². The van der Waals surface area contributed by atoms with Crippen LogP contribution in [0.2, 0.25) is 0 Å². The quantitative estimate of drug-likeness (QED) is 0.313. The van der Waals surface area contributed by atoms with Gasteiger partial charge in [-0.05, 0) is 58.0 Å². The van der Waals surface area contributed by atoms with Gasteiger partial charge in [0.25, 0.3) is 0 Å². The van der Waals surface area contributed by atoms with Crippen LogP contribution in [0.3, 0.4) is 0 Å². The maximum absolute atomic E-state index is 2.41. The van der Waals surface area contributed by atoms with Gasteiger partial charge in [0.05, 0.1) is 0 Å². The first-order valence-corrected chi connectivity index (χ1v) is 9.82. The second kappa shape index (κ2) is 8.99. The molecule has 25 heavy (non-hydrogen) atoms. The van der Waals surface area contributed by atoms with Gasteiger partial charge >= 0.3 is 0 Å². The van der Waals surface area contributed by atoms with Gasteiger partial charge in [0, 0.05) is 60.5 Å². The summed E-state index contributed by atoms with van der Waals surface area (Å²) in [5, 5.41) is 2.66. The molecule has 2 nitrogen and oxygen atoms in total. The van der Waals surface area contributed by atoms with Crippen molar-refractivity contribution in [2.24, 2.45) is 0 Å². The fraction of sp³-hybridized carbons (Fsp3) is 0.381. The number of halogens is 1. The van der Waals surface area contributed by atoms with Crippen LogP contribution in [0.5, 0.6) is 0 Å². The molecule has 134 valence electrons. The van der Waals surface area contributed by atoms with Gasteiger partial charge in [-0.2, -0.15) is 0 Å². The first-order chi connectivity index (χ1) is 11.7. The normalized spacial score (nSPS) is 10.7. The van der Waals surface area contributed by atoms with Crippen molar-refractivity contribution in [2.75, 3.05) is 36.0 Å². The molecule has 2 aromatic carbocycles. The Kier molecular flexibility index (Phi) is 7.25. The predicted molar refractivity (Wildman–Crippen MR) is 111 cm³/mol. The minimum Gasteiger partial charge on any atom is -1.00 e. The summed E-state index contributed by atoms with van der Waals surface area (Å²) < 4.78 is 2.73. The lowest BCUT2D eigenvalue weighted by Crippen LogP contribution is -3.00. The van der Waals surface area contributed by atoms with Gasteiger partial charge < -0.3 is 33.8 Å². The molecular weight excluding hydrogens is 439 g/mol. The van der Waals surface area contributed by atoms with E-state index in [-0.39, 0.29) is 24.0 Å². The van der Waals surface area contributed by atoms with Crippen molar-refractivity contribution in [3.05, 3.63) is 42.5 Å². The predicted octanol–water partition coefficient (Wildman–Crippen LogP) is 3.03. The first kappa shape index (κ1) is 20.2. The molecule has 0 aliphatic heterocycles. The summed E-state index contributed by atoms with van der Waals surface area (Å²) >= 11 is 1.90. The summed E-state index contributed by atoms with van der Waals surface area (Å²) in [6, 6.07) is 16.0. The maximum Gasteiger partial charge on any atom is 0.240 e. The summed E-state index contributed by atoms with van der Waals surface area (Å²) in [4.78, 5) is 4.81. The van der Waals surface area contributed by atoms with Gasteiger partial charge in [-0.1, -0.05) is 0 Å². The molecule has 0 amide bonds. The number of hydrogen-bond acceptors (Lipinski definition) is 2. The Morgan fingerprint density at radius 3 is 1.40 bits per heavy atom. The Labute approximate surface area is 172 Å². The Morgan fingerprint density at radius 1 is 0.640 bits per heavy atom. The average Bonchev–Trinajstić information content (AvgIpc) is 2.62. The Balaban J connectivity index is 0.00000225. The van der Waals surface area contributed by atoms with Crippen LogP contribution in [-0.4, -0.2) is 26.2 Å². The van der Waals surface area contributed by atoms with E-state index in [1.54, 1.807) is 0 Å². The van der Waals surface area contributed by atoms with Gasteiger partial charge in [-0.3, -0.25) is 0 Å². The number of rotatable bonds is 6. The van der Waals surface area contributed by atoms with Crippen LogP contribution >= 0.6 is 11.3 Å². The van der Waals surface area contributed by atoms with Gasteiger partial charge in [0.2, 0.25) is 20.7 Å². The molecule has 0 aliphatic rings. The number of anilines is 2. The second-order valence-corrected chi connectivity index (χ2v) is 7.12. The molecule has 3 rings (SSSR count). The standard InChI is InChI=1S/C21H27N2S.HI/c1-5-22(6-2)18-11-9-16-13-17-10-12-19(23(7-3)8-4)15-21(17)24-20(16)14-18;/h9-15H,5-8H2,1-4H3;1H/q+1;/p-1. The number of fused-ring (bicyclic) bond motifs is 2. The molecule has 3 aromatic rings. The van der Waals surface area contributed by atoms with Crippen LogP contribution in [0.25, 0.3) is 20.2 Å². The molecule has 0 N–H and O–H groups in total. The zero-order chi connectivity index (χ0) is 17.1. The molecule has 4 heteroatoms. The highest BCUT2D eigenvalue weighted by molar-refractivity contribution is 7.24. The van der Waals surface area contributed by atoms with E-state index in [0.29, 0.717) is 0 Å². The molecule has 0 aliphatic carbocycles. The molecule has 0 saturated heterocycles. The minimum absolute atomic E-state index is 0.